The third-order valence-electron chi connectivity index (χ3n) is 6.29. The molecule has 0 aliphatic carbocycles. The summed E-state index contributed by atoms with van der Waals surface area (Å²) in [5.74, 6) is 0.136. The van der Waals surface area contributed by atoms with Crippen LogP contribution >= 0.6 is 0 Å². The molecule has 8 nitrogen and oxygen atoms in total. The Bertz CT molecular complexity index is 1070. The second-order valence-corrected chi connectivity index (χ2v) is 8.34. The van der Waals surface area contributed by atoms with Gasteiger partial charge in [0.05, 0.1) is 19.6 Å². The van der Waals surface area contributed by atoms with Crippen LogP contribution in [-0.4, -0.2) is 56.0 Å². The molecule has 0 spiro atoms. The van der Waals surface area contributed by atoms with Crippen LogP contribution < -0.4 is 19.5 Å². The molecule has 1 unspecified atom stereocenters. The monoisotopic (exact) mass is 454 g/mol. The zero-order valence-electron chi connectivity index (χ0n) is 19.3. The highest BCUT2D eigenvalue weighted by atomic mass is 16.6. The van der Waals surface area contributed by atoms with Crippen molar-refractivity contribution in [2.75, 3.05) is 39.4 Å². The summed E-state index contributed by atoms with van der Waals surface area (Å²) >= 11 is 0. The van der Waals surface area contributed by atoms with Gasteiger partial charge in [0.15, 0.2) is 11.5 Å². The van der Waals surface area contributed by atoms with Crippen LogP contribution in [0.5, 0.6) is 11.5 Å². The van der Waals surface area contributed by atoms with E-state index in [2.05, 4.69) is 13.8 Å². The van der Waals surface area contributed by atoms with Crippen LogP contribution in [0.1, 0.15) is 43.4 Å². The van der Waals surface area contributed by atoms with Crippen molar-refractivity contribution in [3.05, 3.63) is 53.0 Å². The highest BCUT2D eigenvalue weighted by Gasteiger charge is 2.45. The summed E-state index contributed by atoms with van der Waals surface area (Å²) in [7, 11) is 0. The topological polar surface area (TPSA) is 96.5 Å². The van der Waals surface area contributed by atoms with Gasteiger partial charge in [-0.3, -0.25) is 9.59 Å². The zero-order valence-corrected chi connectivity index (χ0v) is 19.3. The summed E-state index contributed by atoms with van der Waals surface area (Å²) in [5.41, 5.74) is 0.194. The van der Waals surface area contributed by atoms with E-state index in [4.69, 9.17) is 13.9 Å². The van der Waals surface area contributed by atoms with Crippen molar-refractivity contribution in [1.29, 1.82) is 0 Å². The average Bonchev–Trinajstić information content (AvgIpc) is 3.37. The third kappa shape index (κ3) is 4.48. The van der Waals surface area contributed by atoms with Gasteiger partial charge in [-0.1, -0.05) is 11.8 Å². The van der Waals surface area contributed by atoms with E-state index in [0.717, 1.165) is 26.1 Å². The molecule has 33 heavy (non-hydrogen) atoms. The lowest BCUT2D eigenvalue weighted by atomic mass is 9.99. The maximum absolute atomic E-state index is 13.5. The maximum Gasteiger partial charge on any atom is 0.295 e. The lowest BCUT2D eigenvalue weighted by Crippen LogP contribution is -3.11. The van der Waals surface area contributed by atoms with Gasteiger partial charge in [-0.25, -0.2) is 0 Å². The Morgan fingerprint density at radius 2 is 1.82 bits per heavy atom. The van der Waals surface area contributed by atoms with Gasteiger partial charge in [0.2, 0.25) is 5.78 Å². The van der Waals surface area contributed by atoms with Gasteiger partial charge in [0.25, 0.3) is 5.91 Å². The Morgan fingerprint density at radius 1 is 1.09 bits per heavy atom. The fraction of sp³-hybridized carbons (Fsp3) is 0.440. The first-order valence-electron chi connectivity index (χ1n) is 11.5. The van der Waals surface area contributed by atoms with Crippen molar-refractivity contribution < 1.29 is 33.5 Å². The number of fused-ring (bicyclic) bond motifs is 1. The first kappa shape index (κ1) is 22.9. The van der Waals surface area contributed by atoms with E-state index in [1.165, 1.54) is 9.80 Å². The van der Waals surface area contributed by atoms with Crippen molar-refractivity contribution in [3.63, 3.8) is 0 Å². The second-order valence-electron chi connectivity index (χ2n) is 8.34. The molecule has 2 aromatic rings. The maximum atomic E-state index is 13.5. The first-order valence-corrected chi connectivity index (χ1v) is 11.5. The molecule has 0 bridgehead atoms. The molecule has 176 valence electrons. The lowest BCUT2D eigenvalue weighted by Gasteiger charge is -2.27. The smallest absolute Gasteiger partial charge is 0.295 e. The van der Waals surface area contributed by atoms with Crippen LogP contribution in [0.4, 0.5) is 0 Å². The van der Waals surface area contributed by atoms with Gasteiger partial charge in [-0.2, -0.15) is 0 Å². The molecule has 1 aromatic carbocycles. The van der Waals surface area contributed by atoms with E-state index >= 15 is 0 Å². The van der Waals surface area contributed by atoms with Crippen molar-refractivity contribution in [1.82, 2.24) is 4.90 Å². The molecule has 8 heteroatoms. The number of amides is 1. The number of ketones is 1. The summed E-state index contributed by atoms with van der Waals surface area (Å²) in [4.78, 5) is 29.0. The minimum atomic E-state index is -0.842. The minimum Gasteiger partial charge on any atom is -0.872 e. The fourth-order valence-corrected chi connectivity index (χ4v) is 4.44. The number of likely N-dealkylation sites (tertiary alicyclic amines) is 1. The molecule has 0 saturated carbocycles. The average molecular weight is 455 g/mol. The molecule has 4 rings (SSSR count). The molecule has 1 saturated heterocycles. The predicted molar refractivity (Wildman–Crippen MR) is 119 cm³/mol. The van der Waals surface area contributed by atoms with E-state index < -0.39 is 23.5 Å². The number of nitrogens with one attached hydrogen (secondary N) is 1. The number of hydrogen-bond donors (Lipinski definition) is 1. The summed E-state index contributed by atoms with van der Waals surface area (Å²) in [6.45, 7) is 10.1. The predicted octanol–water partition coefficient (Wildman–Crippen LogP) is 0.898. The number of rotatable bonds is 8. The molecular weight excluding hydrogens is 424 g/mol. The van der Waals surface area contributed by atoms with Gasteiger partial charge in [0, 0.05) is 18.5 Å². The van der Waals surface area contributed by atoms with Gasteiger partial charge < -0.3 is 28.8 Å². The SMILES string of the molecule is CC[NH+](CC)CCCN1C(=O)C(=O)/C(=C(/[O-])c2ccc3c(c2)OCCO3)C1c1ccc(C)o1. The van der Waals surface area contributed by atoms with Crippen LogP contribution in [0.25, 0.3) is 5.76 Å². The van der Waals surface area contributed by atoms with Crippen LogP contribution in [-0.2, 0) is 9.59 Å². The Kier molecular flexibility index (Phi) is 6.74. The number of carbonyl (C=O) groups is 2. The number of furan rings is 1. The summed E-state index contributed by atoms with van der Waals surface area (Å²) < 4.78 is 16.9. The normalized spacial score (nSPS) is 19.5. The number of hydrogen-bond acceptors (Lipinski definition) is 6. The van der Waals surface area contributed by atoms with Gasteiger partial charge in [-0.05, 0) is 50.6 Å². The molecule has 1 atom stereocenters. The van der Waals surface area contributed by atoms with Crippen LogP contribution in [0, 0.1) is 6.92 Å². The molecule has 0 radical (unpaired) electrons. The number of Topliss-reactive ketones (excluding diaryl/α,β-unsaturated/α-hetero) is 1. The van der Waals surface area contributed by atoms with E-state index in [1.807, 2.05) is 0 Å². The molecule has 3 heterocycles. The van der Waals surface area contributed by atoms with Crippen LogP contribution in [0.3, 0.4) is 0 Å². The Hall–Kier alpha value is -3.26. The fourth-order valence-electron chi connectivity index (χ4n) is 4.44. The van der Waals surface area contributed by atoms with E-state index in [0.29, 0.717) is 42.8 Å². The second kappa shape index (κ2) is 9.70. The number of aryl methyl sites for hydroxylation is 1. The first-order chi connectivity index (χ1) is 15.9. The molecule has 1 fully saturated rings. The number of nitrogens with zero attached hydrogens (tertiary/aromatic N) is 1. The zero-order chi connectivity index (χ0) is 23.5. The molecule has 1 amide bonds. The molecule has 1 aromatic heterocycles. The Morgan fingerprint density at radius 3 is 2.48 bits per heavy atom. The van der Waals surface area contributed by atoms with E-state index in [-0.39, 0.29) is 11.1 Å². The largest absolute Gasteiger partial charge is 0.872 e. The summed E-state index contributed by atoms with van der Waals surface area (Å²) in [6, 6.07) is 7.47. The van der Waals surface area contributed by atoms with Crippen molar-refractivity contribution in [2.24, 2.45) is 0 Å². The number of ether oxygens (including phenoxy) is 2. The van der Waals surface area contributed by atoms with Gasteiger partial charge >= 0.3 is 0 Å². The summed E-state index contributed by atoms with van der Waals surface area (Å²) in [5, 5.41) is 13.5. The van der Waals surface area contributed by atoms with Crippen molar-refractivity contribution in [3.8, 4) is 11.5 Å². The van der Waals surface area contributed by atoms with Crippen LogP contribution in [0.2, 0.25) is 0 Å². The molecule has 2 aliphatic heterocycles. The minimum absolute atomic E-state index is 0.0822. The summed E-state index contributed by atoms with van der Waals surface area (Å²) in [6.07, 6.45) is 0.720. The Labute approximate surface area is 193 Å². The number of carbonyl (C=O) groups excluding carboxylic acids is 2. The molecule has 2 aliphatic rings. The van der Waals surface area contributed by atoms with E-state index in [1.54, 1.807) is 37.3 Å². The molecule has 1 N–H and O–H groups in total. The van der Waals surface area contributed by atoms with Crippen molar-refractivity contribution in [2.45, 2.75) is 33.2 Å². The highest BCUT2D eigenvalue weighted by Crippen LogP contribution is 2.40. The third-order valence-corrected chi connectivity index (χ3v) is 6.29. The number of benzene rings is 1. The van der Waals surface area contributed by atoms with E-state index in [9.17, 15) is 14.7 Å². The Balaban J connectivity index is 1.71. The van der Waals surface area contributed by atoms with Crippen molar-refractivity contribution >= 4 is 17.4 Å². The quantitative estimate of drug-likeness (QED) is 0.362. The molecular formula is C25H30N2O6. The van der Waals surface area contributed by atoms with Crippen LogP contribution in [0.15, 0.2) is 40.3 Å². The van der Waals surface area contributed by atoms with Gasteiger partial charge in [0.1, 0.15) is 30.8 Å². The van der Waals surface area contributed by atoms with Gasteiger partial charge in [-0.15, -0.1) is 0 Å². The highest BCUT2D eigenvalue weighted by molar-refractivity contribution is 6.46. The number of quaternary nitrogens is 1. The standard InChI is InChI=1S/C25H30N2O6/c1-4-26(5-2)11-6-12-27-22(19-9-7-16(3)33-19)21(24(29)25(27)30)23(28)17-8-10-18-20(15-17)32-14-13-31-18/h7-10,15,22,28H,4-6,11-14H2,1-3H3/b23-21+. The lowest BCUT2D eigenvalue weighted by molar-refractivity contribution is -0.896.